The second-order valence-corrected chi connectivity index (χ2v) is 4.61. The van der Waals surface area contributed by atoms with Crippen molar-refractivity contribution in [2.24, 2.45) is 5.73 Å². The van der Waals surface area contributed by atoms with E-state index in [4.69, 9.17) is 15.3 Å². The molecule has 0 bridgehead atoms. The zero-order chi connectivity index (χ0) is 12.8. The van der Waals surface area contributed by atoms with Crippen LogP contribution in [0.1, 0.15) is 37.8 Å². The molecule has 1 aromatic heterocycles. The smallest absolute Gasteiger partial charge is 0.122 e. The van der Waals surface area contributed by atoms with Gasteiger partial charge in [0.15, 0.2) is 0 Å². The minimum absolute atomic E-state index is 0.0928. The van der Waals surface area contributed by atoms with Crippen LogP contribution in [0.15, 0.2) is 16.5 Å². The molecule has 0 fully saturated rings. The fourth-order valence-electron chi connectivity index (χ4n) is 2.07. The average Bonchev–Trinajstić information content (AvgIpc) is 2.70. The van der Waals surface area contributed by atoms with E-state index in [1.54, 1.807) is 0 Å². The summed E-state index contributed by atoms with van der Waals surface area (Å²) in [5.74, 6) is 1.82. The molecule has 1 aromatic rings. The van der Waals surface area contributed by atoms with E-state index in [2.05, 4.69) is 18.7 Å². The van der Waals surface area contributed by atoms with Crippen molar-refractivity contribution >= 4 is 0 Å². The number of nitrogens with two attached hydrogens (primary N) is 1. The molecule has 0 aromatic carbocycles. The lowest BCUT2D eigenvalue weighted by Gasteiger charge is -2.33. The number of hydrogen-bond donors (Lipinski definition) is 2. The Kier molecular flexibility index (Phi) is 5.68. The number of nitrogens with zero attached hydrogens (tertiary/aromatic N) is 1. The van der Waals surface area contributed by atoms with Gasteiger partial charge in [-0.2, -0.15) is 0 Å². The highest BCUT2D eigenvalue weighted by atomic mass is 16.3. The summed E-state index contributed by atoms with van der Waals surface area (Å²) in [4.78, 5) is 2.27. The number of aryl methyl sites for hydroxylation is 1. The Bertz CT molecular complexity index is 323. The van der Waals surface area contributed by atoms with Crippen LogP contribution >= 0.6 is 0 Å². The topological polar surface area (TPSA) is 62.6 Å². The largest absolute Gasteiger partial charge is 0.465 e. The molecule has 1 unspecified atom stereocenters. The Balaban J connectivity index is 2.81. The summed E-state index contributed by atoms with van der Waals surface area (Å²) in [5, 5.41) is 8.94. The van der Waals surface area contributed by atoms with E-state index >= 15 is 0 Å². The van der Waals surface area contributed by atoms with Gasteiger partial charge in [-0.25, -0.2) is 0 Å². The first kappa shape index (κ1) is 14.2. The van der Waals surface area contributed by atoms with E-state index in [-0.39, 0.29) is 12.6 Å². The van der Waals surface area contributed by atoms with Crippen molar-refractivity contribution in [2.45, 2.75) is 39.3 Å². The zero-order valence-electron chi connectivity index (χ0n) is 11.0. The van der Waals surface area contributed by atoms with Crippen LogP contribution in [-0.4, -0.2) is 35.7 Å². The van der Waals surface area contributed by atoms with Gasteiger partial charge in [-0.1, -0.05) is 0 Å². The second kappa shape index (κ2) is 6.79. The molecule has 0 aliphatic carbocycles. The van der Waals surface area contributed by atoms with Crippen molar-refractivity contribution in [3.8, 4) is 0 Å². The van der Waals surface area contributed by atoms with Gasteiger partial charge >= 0.3 is 0 Å². The molecule has 3 N–H and O–H groups in total. The monoisotopic (exact) mass is 240 g/mol. The van der Waals surface area contributed by atoms with E-state index in [1.165, 1.54) is 0 Å². The van der Waals surface area contributed by atoms with Gasteiger partial charge < -0.3 is 15.3 Å². The first-order valence-electron chi connectivity index (χ1n) is 6.23. The van der Waals surface area contributed by atoms with E-state index < -0.39 is 0 Å². The summed E-state index contributed by atoms with van der Waals surface area (Å²) in [5.41, 5.74) is 5.86. The summed E-state index contributed by atoms with van der Waals surface area (Å²) >= 11 is 0. The van der Waals surface area contributed by atoms with Gasteiger partial charge in [0.05, 0.1) is 6.04 Å². The van der Waals surface area contributed by atoms with E-state index in [1.807, 2.05) is 19.1 Å². The van der Waals surface area contributed by atoms with Crippen LogP contribution in [0.25, 0.3) is 0 Å². The van der Waals surface area contributed by atoms with Gasteiger partial charge in [0, 0.05) is 25.7 Å². The molecule has 0 saturated carbocycles. The van der Waals surface area contributed by atoms with E-state index in [9.17, 15) is 0 Å². The fraction of sp³-hybridized carbons (Fsp3) is 0.692. The quantitative estimate of drug-likeness (QED) is 0.761. The van der Waals surface area contributed by atoms with Crippen molar-refractivity contribution in [1.82, 2.24) is 4.90 Å². The third-order valence-corrected chi connectivity index (χ3v) is 2.95. The first-order valence-corrected chi connectivity index (χ1v) is 6.23. The Morgan fingerprint density at radius 2 is 2.12 bits per heavy atom. The summed E-state index contributed by atoms with van der Waals surface area (Å²) in [6.07, 6.45) is 0.758. The molecule has 4 heteroatoms. The van der Waals surface area contributed by atoms with Crippen LogP contribution in [-0.2, 0) is 0 Å². The third kappa shape index (κ3) is 3.84. The molecule has 1 rings (SSSR count). The molecular formula is C13H24N2O2. The Labute approximate surface area is 103 Å². The fourth-order valence-corrected chi connectivity index (χ4v) is 2.07. The lowest BCUT2D eigenvalue weighted by atomic mass is 10.1. The van der Waals surface area contributed by atoms with Gasteiger partial charge in [0.1, 0.15) is 11.5 Å². The average molecular weight is 240 g/mol. The standard InChI is InChI=1S/C13H24N2O2/c1-10(2)15(7-4-8-16)12(9-14)13-6-5-11(3)17-13/h5-6,10,12,16H,4,7-9,14H2,1-3H3. The lowest BCUT2D eigenvalue weighted by Crippen LogP contribution is -2.39. The van der Waals surface area contributed by atoms with Crippen LogP contribution in [0, 0.1) is 6.92 Å². The van der Waals surface area contributed by atoms with E-state index in [0.29, 0.717) is 12.6 Å². The van der Waals surface area contributed by atoms with Crippen LogP contribution in [0.3, 0.4) is 0 Å². The number of hydrogen-bond acceptors (Lipinski definition) is 4. The minimum Gasteiger partial charge on any atom is -0.465 e. The van der Waals surface area contributed by atoms with Crippen molar-refractivity contribution < 1.29 is 9.52 Å². The van der Waals surface area contributed by atoms with Crippen LogP contribution < -0.4 is 5.73 Å². The minimum atomic E-state index is 0.0928. The number of aliphatic hydroxyl groups excluding tert-OH is 1. The Morgan fingerprint density at radius 1 is 1.41 bits per heavy atom. The summed E-state index contributed by atoms with van der Waals surface area (Å²) in [6, 6.07) is 4.42. The molecule has 0 aliphatic rings. The predicted octanol–water partition coefficient (Wildman–Crippen LogP) is 1.68. The number of furan rings is 1. The van der Waals surface area contributed by atoms with Crippen molar-refractivity contribution in [3.63, 3.8) is 0 Å². The molecule has 98 valence electrons. The molecule has 0 radical (unpaired) electrons. The van der Waals surface area contributed by atoms with Gasteiger partial charge in [-0.05, 0) is 39.3 Å². The molecule has 1 atom stereocenters. The van der Waals surface area contributed by atoms with Gasteiger partial charge in [0.2, 0.25) is 0 Å². The molecule has 17 heavy (non-hydrogen) atoms. The second-order valence-electron chi connectivity index (χ2n) is 4.61. The predicted molar refractivity (Wildman–Crippen MR) is 68.8 cm³/mol. The van der Waals surface area contributed by atoms with Crippen LogP contribution in [0.5, 0.6) is 0 Å². The number of aliphatic hydroxyl groups is 1. The molecule has 0 amide bonds. The highest BCUT2D eigenvalue weighted by Gasteiger charge is 2.23. The van der Waals surface area contributed by atoms with Gasteiger partial charge in [-0.3, -0.25) is 4.90 Å². The molecule has 4 nitrogen and oxygen atoms in total. The van der Waals surface area contributed by atoms with Gasteiger partial charge in [-0.15, -0.1) is 0 Å². The van der Waals surface area contributed by atoms with E-state index in [0.717, 1.165) is 24.5 Å². The molecule has 0 saturated heterocycles. The molecule has 1 heterocycles. The third-order valence-electron chi connectivity index (χ3n) is 2.95. The lowest BCUT2D eigenvalue weighted by molar-refractivity contribution is 0.125. The summed E-state index contributed by atoms with van der Waals surface area (Å²) < 4.78 is 5.66. The summed E-state index contributed by atoms with van der Waals surface area (Å²) in [6.45, 7) is 7.76. The van der Waals surface area contributed by atoms with Crippen LogP contribution in [0.2, 0.25) is 0 Å². The number of rotatable bonds is 7. The zero-order valence-corrected chi connectivity index (χ0v) is 11.0. The van der Waals surface area contributed by atoms with Crippen molar-refractivity contribution in [2.75, 3.05) is 19.7 Å². The molecule has 0 aliphatic heterocycles. The van der Waals surface area contributed by atoms with Crippen molar-refractivity contribution in [1.29, 1.82) is 0 Å². The normalized spacial score (nSPS) is 13.6. The highest BCUT2D eigenvalue weighted by Crippen LogP contribution is 2.24. The van der Waals surface area contributed by atoms with Crippen molar-refractivity contribution in [3.05, 3.63) is 23.7 Å². The SMILES string of the molecule is Cc1ccc(C(CN)N(CCCO)C(C)C)o1. The molecule has 0 spiro atoms. The highest BCUT2D eigenvalue weighted by molar-refractivity contribution is 5.10. The maximum atomic E-state index is 8.94. The maximum Gasteiger partial charge on any atom is 0.122 e. The Hall–Kier alpha value is -0.840. The first-order chi connectivity index (χ1) is 8.10. The maximum absolute atomic E-state index is 8.94. The van der Waals surface area contributed by atoms with Gasteiger partial charge in [0.25, 0.3) is 0 Å². The molecular weight excluding hydrogens is 216 g/mol. The summed E-state index contributed by atoms with van der Waals surface area (Å²) in [7, 11) is 0. The van der Waals surface area contributed by atoms with Crippen LogP contribution in [0.4, 0.5) is 0 Å². The Morgan fingerprint density at radius 3 is 2.53 bits per heavy atom.